The summed E-state index contributed by atoms with van der Waals surface area (Å²) in [5.74, 6) is 0.729. The molecule has 1 aromatic heterocycles. The number of benzene rings is 1. The van der Waals surface area contributed by atoms with Crippen molar-refractivity contribution < 1.29 is 4.42 Å². The minimum absolute atomic E-state index is 0.294. The lowest BCUT2D eigenvalue weighted by molar-refractivity contribution is 0.328. The van der Waals surface area contributed by atoms with E-state index in [0.717, 1.165) is 29.1 Å². The van der Waals surface area contributed by atoms with Crippen LogP contribution in [0.1, 0.15) is 45.1 Å². The van der Waals surface area contributed by atoms with E-state index >= 15 is 0 Å². The van der Waals surface area contributed by atoms with Gasteiger partial charge in [0.2, 0.25) is 0 Å². The molecule has 1 aliphatic carbocycles. The van der Waals surface area contributed by atoms with Gasteiger partial charge in [-0.1, -0.05) is 25.8 Å². The molecule has 1 saturated carbocycles. The average molecular weight is 361 g/mol. The van der Waals surface area contributed by atoms with E-state index in [9.17, 15) is 4.79 Å². The molecule has 25 heavy (non-hydrogen) atoms. The van der Waals surface area contributed by atoms with Crippen molar-refractivity contribution in [2.75, 3.05) is 11.9 Å². The molecule has 0 spiro atoms. The van der Waals surface area contributed by atoms with Crippen LogP contribution < -0.4 is 15.7 Å². The lowest BCUT2D eigenvalue weighted by Gasteiger charge is -2.29. The summed E-state index contributed by atoms with van der Waals surface area (Å²) in [6.07, 6.45) is 5.05. The highest BCUT2D eigenvalue weighted by atomic mass is 32.2. The molecule has 1 aromatic carbocycles. The fourth-order valence-electron chi connectivity index (χ4n) is 3.44. The van der Waals surface area contributed by atoms with Gasteiger partial charge in [-0.25, -0.2) is 4.79 Å². The molecule has 0 aliphatic heterocycles. The molecule has 0 bridgehead atoms. The maximum absolute atomic E-state index is 11.4. The predicted molar refractivity (Wildman–Crippen MR) is 107 cm³/mol. The summed E-state index contributed by atoms with van der Waals surface area (Å²) in [7, 11) is 0. The van der Waals surface area contributed by atoms with Crippen LogP contribution in [-0.2, 0) is 0 Å². The summed E-state index contributed by atoms with van der Waals surface area (Å²) < 4.78 is 8.91. The molecule has 2 aromatic rings. The minimum atomic E-state index is -0.294. The summed E-state index contributed by atoms with van der Waals surface area (Å²) in [4.78, 5) is 11.4. The van der Waals surface area contributed by atoms with E-state index in [4.69, 9.17) is 4.42 Å². The van der Waals surface area contributed by atoms with Gasteiger partial charge in [-0.05, 0) is 62.3 Å². The van der Waals surface area contributed by atoms with Crippen molar-refractivity contribution in [3.05, 3.63) is 40.2 Å². The van der Waals surface area contributed by atoms with Crippen LogP contribution >= 0.6 is 11.9 Å². The monoisotopic (exact) mass is 360 g/mol. The molecule has 0 saturated heterocycles. The Balaban J connectivity index is 1.53. The number of aryl methyl sites for hydroxylation is 1. The first-order valence-corrected chi connectivity index (χ1v) is 10.1. The Hall–Kier alpha value is -1.46. The van der Waals surface area contributed by atoms with Crippen LogP contribution in [0, 0.1) is 12.8 Å². The lowest BCUT2D eigenvalue weighted by Crippen LogP contribution is -2.31. The molecule has 3 rings (SSSR count). The maximum atomic E-state index is 11.4. The molecular formula is C20H28N2O2S. The summed E-state index contributed by atoms with van der Waals surface area (Å²) in [6.45, 7) is 7.44. The Bertz CT molecular complexity index is 764. The van der Waals surface area contributed by atoms with Gasteiger partial charge in [-0.15, -0.1) is 0 Å². The molecule has 0 amide bonds. The van der Waals surface area contributed by atoms with Gasteiger partial charge in [-0.3, -0.25) is 4.72 Å². The van der Waals surface area contributed by atoms with Crippen molar-refractivity contribution in [2.24, 2.45) is 5.92 Å². The first-order chi connectivity index (χ1) is 12.0. The second-order valence-electron chi connectivity index (χ2n) is 7.35. The Morgan fingerprint density at radius 2 is 1.96 bits per heavy atom. The lowest BCUT2D eigenvalue weighted by atomic mass is 9.86. The van der Waals surface area contributed by atoms with Gasteiger partial charge >= 0.3 is 5.63 Å². The third-order valence-corrected chi connectivity index (χ3v) is 5.76. The SMILES string of the molecule is Cc1cc(NCC2CCC(NSC(C)C)CC2)cc2ccc(=O)oc12. The van der Waals surface area contributed by atoms with Crippen LogP contribution in [0.25, 0.3) is 11.0 Å². The normalized spacial score (nSPS) is 21.0. The van der Waals surface area contributed by atoms with E-state index < -0.39 is 0 Å². The quantitative estimate of drug-likeness (QED) is 0.577. The molecule has 1 fully saturated rings. The van der Waals surface area contributed by atoms with Crippen molar-refractivity contribution >= 4 is 28.6 Å². The Morgan fingerprint density at radius 1 is 1.20 bits per heavy atom. The topological polar surface area (TPSA) is 54.3 Å². The molecule has 5 heteroatoms. The molecule has 1 aliphatic rings. The molecular weight excluding hydrogens is 332 g/mol. The number of fused-ring (bicyclic) bond motifs is 1. The fraction of sp³-hybridized carbons (Fsp3) is 0.550. The van der Waals surface area contributed by atoms with Crippen LogP contribution in [0.3, 0.4) is 0 Å². The van der Waals surface area contributed by atoms with E-state index in [0.29, 0.717) is 16.9 Å². The van der Waals surface area contributed by atoms with Crippen LogP contribution in [0.15, 0.2) is 33.5 Å². The zero-order valence-electron chi connectivity index (χ0n) is 15.3. The summed E-state index contributed by atoms with van der Waals surface area (Å²) >= 11 is 1.86. The number of hydrogen-bond donors (Lipinski definition) is 2. The third kappa shape index (κ3) is 5.02. The van der Waals surface area contributed by atoms with Crippen LogP contribution in [-0.4, -0.2) is 17.8 Å². The average Bonchev–Trinajstić information content (AvgIpc) is 2.59. The highest BCUT2D eigenvalue weighted by Crippen LogP contribution is 2.27. The van der Waals surface area contributed by atoms with Gasteiger partial charge in [0, 0.05) is 35.0 Å². The van der Waals surface area contributed by atoms with Gasteiger partial charge in [-0.2, -0.15) is 0 Å². The molecule has 0 atom stereocenters. The van der Waals surface area contributed by atoms with Crippen molar-refractivity contribution in [3.8, 4) is 0 Å². The molecule has 2 N–H and O–H groups in total. The van der Waals surface area contributed by atoms with Crippen molar-refractivity contribution in [3.63, 3.8) is 0 Å². The summed E-state index contributed by atoms with van der Waals surface area (Å²) in [6, 6.07) is 8.11. The highest BCUT2D eigenvalue weighted by Gasteiger charge is 2.21. The predicted octanol–water partition coefficient (Wildman–Crippen LogP) is 4.72. The standard InChI is InChI=1S/C20H28N2O2S/c1-13(2)25-22-17-7-4-15(5-8-17)12-21-18-10-14(3)20-16(11-18)6-9-19(23)24-20/h6,9-11,13,15,17,21-22H,4-5,7-8,12H2,1-3H3. The number of nitrogens with one attached hydrogen (secondary N) is 2. The number of hydrogen-bond acceptors (Lipinski definition) is 5. The third-order valence-electron chi connectivity index (χ3n) is 4.82. The van der Waals surface area contributed by atoms with Crippen molar-refractivity contribution in [2.45, 2.75) is 57.7 Å². The van der Waals surface area contributed by atoms with E-state index in [2.05, 4.69) is 36.0 Å². The van der Waals surface area contributed by atoms with Gasteiger partial charge in [0.1, 0.15) is 5.58 Å². The van der Waals surface area contributed by atoms with Crippen molar-refractivity contribution in [1.82, 2.24) is 4.72 Å². The minimum Gasteiger partial charge on any atom is -0.422 e. The van der Waals surface area contributed by atoms with Gasteiger partial charge < -0.3 is 9.73 Å². The second kappa shape index (κ2) is 8.28. The summed E-state index contributed by atoms with van der Waals surface area (Å²) in [5, 5.41) is 5.19. The van der Waals surface area contributed by atoms with Crippen LogP contribution in [0.2, 0.25) is 0 Å². The zero-order chi connectivity index (χ0) is 17.8. The Labute approximate surface area is 153 Å². The first kappa shape index (κ1) is 18.3. The van der Waals surface area contributed by atoms with Gasteiger partial charge in [0.15, 0.2) is 0 Å². The Kier molecular flexibility index (Phi) is 6.07. The highest BCUT2D eigenvalue weighted by molar-refractivity contribution is 7.98. The van der Waals surface area contributed by atoms with Crippen LogP contribution in [0.5, 0.6) is 0 Å². The van der Waals surface area contributed by atoms with Gasteiger partial charge in [0.05, 0.1) is 0 Å². The van der Waals surface area contributed by atoms with Crippen LogP contribution in [0.4, 0.5) is 5.69 Å². The Morgan fingerprint density at radius 3 is 2.68 bits per heavy atom. The van der Waals surface area contributed by atoms with E-state index in [1.807, 2.05) is 24.9 Å². The molecule has 1 heterocycles. The van der Waals surface area contributed by atoms with Crippen molar-refractivity contribution in [1.29, 1.82) is 0 Å². The second-order valence-corrected chi connectivity index (χ2v) is 8.76. The van der Waals surface area contributed by atoms with E-state index in [1.54, 1.807) is 0 Å². The molecule has 136 valence electrons. The fourth-order valence-corrected chi connectivity index (χ4v) is 4.14. The number of rotatable bonds is 6. The largest absolute Gasteiger partial charge is 0.422 e. The maximum Gasteiger partial charge on any atom is 0.336 e. The zero-order valence-corrected chi connectivity index (χ0v) is 16.1. The number of anilines is 1. The molecule has 0 unspecified atom stereocenters. The molecule has 4 nitrogen and oxygen atoms in total. The van der Waals surface area contributed by atoms with E-state index in [1.165, 1.54) is 31.7 Å². The molecule has 0 radical (unpaired) electrons. The first-order valence-electron chi connectivity index (χ1n) is 9.21. The summed E-state index contributed by atoms with van der Waals surface area (Å²) in [5.41, 5.74) is 2.50. The smallest absolute Gasteiger partial charge is 0.336 e. The van der Waals surface area contributed by atoms with Gasteiger partial charge in [0.25, 0.3) is 0 Å². The van der Waals surface area contributed by atoms with E-state index in [-0.39, 0.29) is 5.63 Å².